The van der Waals surface area contributed by atoms with Gasteiger partial charge in [-0.3, -0.25) is 4.79 Å². The van der Waals surface area contributed by atoms with Crippen LogP contribution in [0.3, 0.4) is 0 Å². The van der Waals surface area contributed by atoms with E-state index in [2.05, 4.69) is 17.5 Å². The molecule has 1 aliphatic carbocycles. The topological polar surface area (TPSA) is 81.6 Å². The van der Waals surface area contributed by atoms with E-state index in [0.717, 1.165) is 12.8 Å². The second-order valence-corrected chi connectivity index (χ2v) is 7.15. The Morgan fingerprint density at radius 3 is 2.79 bits per heavy atom. The number of carboxylic acid groups (broad SMARTS) is 1. The van der Waals surface area contributed by atoms with Crippen LogP contribution in [0.25, 0.3) is 0 Å². The number of aryl methyl sites for hydroxylation is 1. The summed E-state index contributed by atoms with van der Waals surface area (Å²) in [6.07, 6.45) is 4.73. The van der Waals surface area contributed by atoms with Crippen molar-refractivity contribution in [1.29, 1.82) is 0 Å². The molecule has 0 aliphatic heterocycles. The third-order valence-corrected chi connectivity index (χ3v) is 5.31. The van der Waals surface area contributed by atoms with Gasteiger partial charge >= 0.3 is 0 Å². The number of carbonyl (C=O) groups is 2. The van der Waals surface area contributed by atoms with Crippen LogP contribution in [-0.4, -0.2) is 18.1 Å². The molecule has 1 aromatic heterocycles. The minimum Gasteiger partial charge on any atom is -0.545 e. The van der Waals surface area contributed by atoms with Crippen LogP contribution < -0.4 is 10.5 Å². The zero-order valence-corrected chi connectivity index (χ0v) is 14.1. The van der Waals surface area contributed by atoms with Crippen LogP contribution in [-0.2, 0) is 12.8 Å². The van der Waals surface area contributed by atoms with Crippen molar-refractivity contribution in [2.75, 3.05) is 0 Å². The smallest absolute Gasteiger partial charge is 0.281 e. The van der Waals surface area contributed by atoms with E-state index in [0.29, 0.717) is 16.4 Å². The van der Waals surface area contributed by atoms with Gasteiger partial charge in [0.05, 0.1) is 17.1 Å². The van der Waals surface area contributed by atoms with Crippen LogP contribution in [0.5, 0.6) is 0 Å². The molecule has 1 heterocycles. The summed E-state index contributed by atoms with van der Waals surface area (Å²) >= 11 is 1.54. The van der Waals surface area contributed by atoms with Gasteiger partial charge in [0.15, 0.2) is 0 Å². The van der Waals surface area contributed by atoms with Gasteiger partial charge in [-0.2, -0.15) is 5.10 Å². The van der Waals surface area contributed by atoms with Crippen LogP contribution in [0, 0.1) is 5.92 Å². The molecule has 0 saturated heterocycles. The number of hydrogen-bond donors (Lipinski definition) is 1. The molecule has 0 saturated carbocycles. The number of benzene rings is 1. The number of fused-ring (bicyclic) bond motifs is 1. The lowest BCUT2D eigenvalue weighted by molar-refractivity contribution is -0.255. The Bertz CT molecular complexity index is 793. The van der Waals surface area contributed by atoms with E-state index in [9.17, 15) is 14.7 Å². The van der Waals surface area contributed by atoms with Crippen LogP contribution in [0.4, 0.5) is 0 Å². The summed E-state index contributed by atoms with van der Waals surface area (Å²) in [5.41, 5.74) is 4.60. The minimum absolute atomic E-state index is 0.106. The molecule has 0 fully saturated rings. The lowest BCUT2D eigenvalue weighted by atomic mass is 9.90. The van der Waals surface area contributed by atoms with E-state index in [1.165, 1.54) is 46.5 Å². The maximum absolute atomic E-state index is 12.2. The van der Waals surface area contributed by atoms with Gasteiger partial charge in [0.1, 0.15) is 0 Å². The number of hydrazone groups is 1. The highest BCUT2D eigenvalue weighted by atomic mass is 32.1. The lowest BCUT2D eigenvalue weighted by Crippen LogP contribution is -2.22. The van der Waals surface area contributed by atoms with Crippen molar-refractivity contribution in [2.45, 2.75) is 26.2 Å². The molecular weight excluding hydrogens is 324 g/mol. The van der Waals surface area contributed by atoms with Gasteiger partial charge in [0.25, 0.3) is 5.91 Å². The Morgan fingerprint density at radius 2 is 2.08 bits per heavy atom. The molecule has 1 aliphatic rings. The average molecular weight is 341 g/mol. The van der Waals surface area contributed by atoms with Gasteiger partial charge in [-0.25, -0.2) is 5.43 Å². The number of hydrogen-bond acceptors (Lipinski definition) is 5. The van der Waals surface area contributed by atoms with Gasteiger partial charge in [-0.05, 0) is 47.9 Å². The summed E-state index contributed by atoms with van der Waals surface area (Å²) in [6, 6.07) is 8.05. The van der Waals surface area contributed by atoms with E-state index >= 15 is 0 Å². The first-order chi connectivity index (χ1) is 11.5. The molecular formula is C18H17N2O3S-. The first-order valence-corrected chi connectivity index (χ1v) is 8.61. The molecule has 0 bridgehead atoms. The van der Waals surface area contributed by atoms with Crippen molar-refractivity contribution >= 4 is 29.4 Å². The first kappa shape index (κ1) is 16.4. The Hall–Kier alpha value is -2.47. The monoisotopic (exact) mass is 341 g/mol. The molecule has 1 atom stereocenters. The molecule has 0 radical (unpaired) electrons. The third-order valence-electron chi connectivity index (χ3n) is 4.08. The number of carbonyl (C=O) groups excluding carboxylic acids is 2. The van der Waals surface area contributed by atoms with E-state index in [1.54, 1.807) is 12.1 Å². The predicted molar refractivity (Wildman–Crippen MR) is 91.3 cm³/mol. The van der Waals surface area contributed by atoms with Crippen molar-refractivity contribution in [3.05, 3.63) is 56.8 Å². The van der Waals surface area contributed by atoms with Crippen molar-refractivity contribution in [3.8, 4) is 0 Å². The number of amides is 1. The van der Waals surface area contributed by atoms with Gasteiger partial charge in [0, 0.05) is 4.88 Å². The molecule has 6 heteroatoms. The van der Waals surface area contributed by atoms with E-state index in [1.807, 2.05) is 6.07 Å². The molecule has 0 spiro atoms. The second-order valence-electron chi connectivity index (χ2n) is 6.02. The van der Waals surface area contributed by atoms with Crippen LogP contribution >= 0.6 is 11.3 Å². The number of aromatic carboxylic acids is 1. The van der Waals surface area contributed by atoms with E-state index in [4.69, 9.17) is 0 Å². The maximum Gasteiger partial charge on any atom is 0.281 e. The predicted octanol–water partition coefficient (Wildman–Crippen LogP) is 2.00. The Labute approximate surface area is 144 Å². The number of nitrogens with zero attached hydrogens (tertiary/aromatic N) is 1. The highest BCUT2D eigenvalue weighted by Gasteiger charge is 2.20. The quantitative estimate of drug-likeness (QED) is 0.682. The number of rotatable bonds is 4. The minimum atomic E-state index is -1.22. The fourth-order valence-corrected chi connectivity index (χ4v) is 3.84. The summed E-state index contributed by atoms with van der Waals surface area (Å²) < 4.78 is 0. The fraction of sp³-hybridized carbons (Fsp3) is 0.278. The molecule has 1 N–H and O–H groups in total. The molecule has 0 unspecified atom stereocenters. The van der Waals surface area contributed by atoms with E-state index in [-0.39, 0.29) is 11.5 Å². The summed E-state index contributed by atoms with van der Waals surface area (Å²) in [5, 5.41) is 14.6. The van der Waals surface area contributed by atoms with E-state index < -0.39 is 5.97 Å². The van der Waals surface area contributed by atoms with Gasteiger partial charge in [-0.15, -0.1) is 11.3 Å². The van der Waals surface area contributed by atoms with Gasteiger partial charge < -0.3 is 9.90 Å². The lowest BCUT2D eigenvalue weighted by Gasteiger charge is -2.16. The molecule has 5 nitrogen and oxygen atoms in total. The van der Waals surface area contributed by atoms with Gasteiger partial charge in [-0.1, -0.05) is 31.2 Å². The average Bonchev–Trinajstić information content (AvgIpc) is 2.98. The Morgan fingerprint density at radius 1 is 1.33 bits per heavy atom. The van der Waals surface area contributed by atoms with Crippen molar-refractivity contribution in [3.63, 3.8) is 0 Å². The SMILES string of the molecule is C[C@@H]1CCc2sc(C(=O)N/N=C\c3ccc(C(=O)[O-])cc3)cc2C1. The number of thiophene rings is 1. The standard InChI is InChI=1S/C18H18N2O3S/c1-11-2-7-15-14(8-11)9-16(24-15)17(21)20-19-10-12-3-5-13(6-4-12)18(22)23/h3-6,9-11H,2,7-8H2,1H3,(H,20,21)(H,22,23)/p-1/b19-10-/t11-/m1/s1. The maximum atomic E-state index is 12.2. The first-order valence-electron chi connectivity index (χ1n) is 7.79. The van der Waals surface area contributed by atoms with Gasteiger partial charge in [0.2, 0.25) is 0 Å². The molecule has 24 heavy (non-hydrogen) atoms. The summed E-state index contributed by atoms with van der Waals surface area (Å²) in [4.78, 5) is 24.8. The third kappa shape index (κ3) is 3.71. The molecule has 1 amide bonds. The highest BCUT2D eigenvalue weighted by Crippen LogP contribution is 2.32. The molecule has 1 aromatic carbocycles. The highest BCUT2D eigenvalue weighted by molar-refractivity contribution is 7.14. The van der Waals surface area contributed by atoms with Crippen molar-refractivity contribution < 1.29 is 14.7 Å². The zero-order chi connectivity index (χ0) is 17.1. The molecule has 3 rings (SSSR count). The normalized spacial score (nSPS) is 16.8. The number of nitrogens with one attached hydrogen (secondary N) is 1. The largest absolute Gasteiger partial charge is 0.545 e. The van der Waals surface area contributed by atoms with Crippen molar-refractivity contribution in [1.82, 2.24) is 5.43 Å². The Kier molecular flexibility index (Phi) is 4.76. The fourth-order valence-electron chi connectivity index (χ4n) is 2.74. The Balaban J connectivity index is 1.62. The molecule has 124 valence electrons. The second kappa shape index (κ2) is 6.97. The summed E-state index contributed by atoms with van der Waals surface area (Å²) in [6.45, 7) is 2.23. The summed E-state index contributed by atoms with van der Waals surface area (Å²) in [7, 11) is 0. The van der Waals surface area contributed by atoms with Crippen LogP contribution in [0.15, 0.2) is 35.4 Å². The van der Waals surface area contributed by atoms with Crippen molar-refractivity contribution in [2.24, 2.45) is 11.0 Å². The van der Waals surface area contributed by atoms with Crippen LogP contribution in [0.2, 0.25) is 0 Å². The molecule has 2 aromatic rings. The number of carboxylic acids is 1. The zero-order valence-electron chi connectivity index (χ0n) is 13.2. The van der Waals surface area contributed by atoms with Crippen LogP contribution in [0.1, 0.15) is 49.4 Å². The summed E-state index contributed by atoms with van der Waals surface area (Å²) in [5.74, 6) is -0.766.